The van der Waals surface area contributed by atoms with Crippen LogP contribution in [0.5, 0.6) is 0 Å². The molecule has 2 aliphatic carbocycles. The highest BCUT2D eigenvalue weighted by atomic mass is 16.1. The fraction of sp³-hybridized carbons (Fsp3) is 0. The molecule has 36 heavy (non-hydrogen) atoms. The Hall–Kier alpha value is -5.17. The zero-order valence-corrected chi connectivity index (χ0v) is 19.0. The minimum absolute atomic E-state index is 0.0247. The van der Waals surface area contributed by atoms with Gasteiger partial charge in [0.05, 0.1) is 17.6 Å². The number of hydrogen-bond donors (Lipinski definition) is 2. The number of fused-ring (bicyclic) bond motifs is 3. The molecule has 4 heterocycles. The average Bonchev–Trinajstić information content (AvgIpc) is 3.47. The Morgan fingerprint density at radius 2 is 1.19 bits per heavy atom. The predicted octanol–water partition coefficient (Wildman–Crippen LogP) is 4.90. The Balaban J connectivity index is 1.29. The van der Waals surface area contributed by atoms with Crippen LogP contribution in [0.25, 0.3) is 57.8 Å². The van der Waals surface area contributed by atoms with Crippen LogP contribution in [0.15, 0.2) is 89.1 Å². The molecule has 0 bridgehead atoms. The Morgan fingerprint density at radius 1 is 0.583 bits per heavy atom. The van der Waals surface area contributed by atoms with Crippen molar-refractivity contribution in [2.24, 2.45) is 0 Å². The summed E-state index contributed by atoms with van der Waals surface area (Å²) in [5.41, 5.74) is 7.84. The molecule has 0 atom stereocenters. The average molecular weight is 470 g/mol. The van der Waals surface area contributed by atoms with Gasteiger partial charge < -0.3 is 9.97 Å². The van der Waals surface area contributed by atoms with Crippen LogP contribution in [0.2, 0.25) is 0 Å². The number of hydrogen-bond acceptors (Lipinski definition) is 5. The van der Waals surface area contributed by atoms with E-state index in [1.165, 1.54) is 12.1 Å². The van der Waals surface area contributed by atoms with Gasteiger partial charge in [-0.05, 0) is 47.5 Å². The first-order valence-electron chi connectivity index (χ1n) is 11.4. The molecule has 2 N–H and O–H groups in total. The summed E-state index contributed by atoms with van der Waals surface area (Å²) >= 11 is 0. The number of H-pyrrole nitrogens is 2. The third-order valence-electron chi connectivity index (χ3n) is 6.14. The summed E-state index contributed by atoms with van der Waals surface area (Å²) in [5.74, 6) is 0. The van der Waals surface area contributed by atoms with Gasteiger partial charge in [-0.2, -0.15) is 0 Å². The molecule has 6 aliphatic rings. The van der Waals surface area contributed by atoms with Crippen molar-refractivity contribution in [2.45, 2.75) is 0 Å². The van der Waals surface area contributed by atoms with Gasteiger partial charge in [0.2, 0.25) is 0 Å². The molecule has 7 heteroatoms. The van der Waals surface area contributed by atoms with Crippen LogP contribution >= 0.6 is 0 Å². The molecule has 4 aliphatic heterocycles. The van der Waals surface area contributed by atoms with Gasteiger partial charge in [0.25, 0.3) is 0 Å². The van der Waals surface area contributed by atoms with Gasteiger partial charge >= 0.3 is 0 Å². The Labute approximate surface area is 205 Å². The van der Waals surface area contributed by atoms with E-state index < -0.39 is 0 Å². The molecule has 0 unspecified atom stereocenters. The summed E-state index contributed by atoms with van der Waals surface area (Å²) < 4.78 is 0. The van der Waals surface area contributed by atoms with E-state index in [4.69, 9.17) is 0 Å². The second-order valence-electron chi connectivity index (χ2n) is 8.32. The first kappa shape index (κ1) is 21.4. The second kappa shape index (κ2) is 8.88. The topological polar surface area (TPSA) is 104 Å². The summed E-state index contributed by atoms with van der Waals surface area (Å²) in [4.78, 5) is 34.9. The maximum absolute atomic E-state index is 12.2. The third kappa shape index (κ3) is 3.88. The predicted molar refractivity (Wildman–Crippen MR) is 142 cm³/mol. The number of aromatic nitrogens is 5. The molecule has 0 saturated carbocycles. The molecular weight excluding hydrogens is 450 g/mol. The molecule has 0 radical (unpaired) electrons. The summed E-state index contributed by atoms with van der Waals surface area (Å²) in [5, 5.41) is 8.57. The van der Waals surface area contributed by atoms with Crippen molar-refractivity contribution >= 4 is 24.3 Å². The lowest BCUT2D eigenvalue weighted by Crippen LogP contribution is -1.96. The number of aromatic amines is 2. The van der Waals surface area contributed by atoms with Crippen LogP contribution < -0.4 is 10.9 Å². The lowest BCUT2D eigenvalue weighted by molar-refractivity contribution is 1.08. The van der Waals surface area contributed by atoms with Crippen LogP contribution in [0, 0.1) is 0 Å². The summed E-state index contributed by atoms with van der Waals surface area (Å²) in [6.07, 6.45) is 16.3. The van der Waals surface area contributed by atoms with Crippen molar-refractivity contribution < 1.29 is 0 Å². The van der Waals surface area contributed by atoms with Crippen LogP contribution in [0.4, 0.5) is 0 Å². The largest absolute Gasteiger partial charge is 0.367 e. The zero-order valence-electron chi connectivity index (χ0n) is 19.0. The normalized spacial score (nSPS) is 11.9. The van der Waals surface area contributed by atoms with E-state index in [9.17, 15) is 9.59 Å². The van der Waals surface area contributed by atoms with Crippen LogP contribution in [-0.4, -0.2) is 25.1 Å². The summed E-state index contributed by atoms with van der Waals surface area (Å²) in [6.45, 7) is 0. The van der Waals surface area contributed by atoms with Gasteiger partial charge in [0.15, 0.2) is 10.9 Å². The monoisotopic (exact) mass is 469 g/mol. The van der Waals surface area contributed by atoms with E-state index in [0.29, 0.717) is 22.5 Å². The molecule has 172 valence electrons. The number of nitrogens with zero attached hydrogens (tertiary/aromatic N) is 3. The van der Waals surface area contributed by atoms with Crippen molar-refractivity contribution in [1.82, 2.24) is 25.1 Å². The molecule has 0 saturated heterocycles. The van der Waals surface area contributed by atoms with E-state index in [-0.39, 0.29) is 10.9 Å². The van der Waals surface area contributed by atoms with Crippen molar-refractivity contribution in [3.05, 3.63) is 122 Å². The van der Waals surface area contributed by atoms with Gasteiger partial charge in [-0.25, -0.2) is 0 Å². The first-order chi connectivity index (χ1) is 17.7. The maximum atomic E-state index is 12.2. The van der Waals surface area contributed by atoms with E-state index in [1.807, 2.05) is 73.1 Å². The highest BCUT2D eigenvalue weighted by Gasteiger charge is 2.13. The van der Waals surface area contributed by atoms with Crippen molar-refractivity contribution in [1.29, 1.82) is 0 Å². The Kier molecular flexibility index (Phi) is 5.27. The van der Waals surface area contributed by atoms with Crippen LogP contribution in [0.1, 0.15) is 22.5 Å². The zero-order chi connectivity index (χ0) is 24.5. The lowest BCUT2D eigenvalue weighted by Gasteiger charge is -1.94. The molecule has 0 spiro atoms. The third-order valence-corrected chi connectivity index (χ3v) is 6.14. The minimum atomic E-state index is -0.0293. The summed E-state index contributed by atoms with van der Waals surface area (Å²) in [7, 11) is 0. The van der Waals surface area contributed by atoms with Crippen molar-refractivity contribution in [3.8, 4) is 33.5 Å². The van der Waals surface area contributed by atoms with Gasteiger partial charge in [-0.3, -0.25) is 14.6 Å². The Morgan fingerprint density at radius 3 is 1.86 bits per heavy atom. The van der Waals surface area contributed by atoms with E-state index >= 15 is 0 Å². The van der Waals surface area contributed by atoms with Gasteiger partial charge in [0.1, 0.15) is 5.69 Å². The quantitative estimate of drug-likeness (QED) is 0.382. The van der Waals surface area contributed by atoms with E-state index in [1.54, 1.807) is 18.6 Å². The second-order valence-corrected chi connectivity index (χ2v) is 8.32. The molecule has 7 nitrogen and oxygen atoms in total. The molecular formula is C29H19N5O2. The fourth-order valence-corrected chi connectivity index (χ4v) is 4.27. The fourth-order valence-electron chi connectivity index (χ4n) is 4.27. The number of nitrogens with one attached hydrogen (secondary N) is 2. The molecule has 0 aromatic carbocycles. The van der Waals surface area contributed by atoms with Crippen LogP contribution in [0.3, 0.4) is 0 Å². The Bertz CT molecular complexity index is 1800. The van der Waals surface area contributed by atoms with Crippen molar-refractivity contribution in [2.75, 3.05) is 0 Å². The maximum Gasteiger partial charge on any atom is 0.187 e. The smallest absolute Gasteiger partial charge is 0.187 e. The molecule has 0 aromatic heterocycles. The molecule has 0 fully saturated rings. The van der Waals surface area contributed by atoms with E-state index in [0.717, 1.165) is 33.5 Å². The van der Waals surface area contributed by atoms with Crippen LogP contribution in [-0.2, 0) is 0 Å². The first-order valence-corrected chi connectivity index (χ1v) is 11.4. The van der Waals surface area contributed by atoms with Gasteiger partial charge in [-0.1, -0.05) is 24.3 Å². The standard InChI is InChI=1S/C29H19N5O2/c35-28-11-13-30-15-24-18(2-7-21(24)28)1-5-20-6-9-23-26(33-34-27(23)17-32-20)10-4-19-3-8-22-25(19)16-31-14-12-29(22)36/h1-17,30-31H/b5-1+,10-4+. The molecule has 6 rings (SSSR count). The number of rotatable bonds is 4. The summed E-state index contributed by atoms with van der Waals surface area (Å²) in [6, 6.07) is 14.4. The minimum Gasteiger partial charge on any atom is -0.367 e. The van der Waals surface area contributed by atoms with Crippen molar-refractivity contribution in [3.63, 3.8) is 0 Å². The van der Waals surface area contributed by atoms with E-state index in [2.05, 4.69) is 25.1 Å². The highest BCUT2D eigenvalue weighted by Crippen LogP contribution is 2.28. The molecule has 0 aromatic rings. The van der Waals surface area contributed by atoms with Gasteiger partial charge in [0, 0.05) is 64.7 Å². The molecule has 0 amide bonds. The lowest BCUT2D eigenvalue weighted by atomic mass is 10.1. The SMILES string of the molecule is O=c1cc[nH]cc2c(/C=C/c3ccc4c(/C=C/c5ccc6c(=O)cc[nH]cc5-6)nnc-4cn3)ccc1-2. The highest BCUT2D eigenvalue weighted by molar-refractivity contribution is 5.85. The van der Waals surface area contributed by atoms with Gasteiger partial charge in [-0.15, -0.1) is 10.2 Å².